The first-order valence-electron chi connectivity index (χ1n) is 10.4. The minimum Gasteiger partial charge on any atom is -0.383 e. The minimum atomic E-state index is -3.55. The lowest BCUT2D eigenvalue weighted by atomic mass is 10.0. The van der Waals surface area contributed by atoms with E-state index < -0.39 is 10.0 Å². The summed E-state index contributed by atoms with van der Waals surface area (Å²) in [6.45, 7) is 10.4. The van der Waals surface area contributed by atoms with E-state index in [0.717, 1.165) is 30.4 Å². The second kappa shape index (κ2) is 15.8. The molecule has 1 rings (SSSR count). The molecule has 1 aromatic carbocycles. The Morgan fingerprint density at radius 1 is 1.20 bits per heavy atom. The van der Waals surface area contributed by atoms with Gasteiger partial charge in [-0.15, -0.1) is 24.0 Å². The van der Waals surface area contributed by atoms with Crippen molar-refractivity contribution in [2.45, 2.75) is 64.4 Å². The number of guanidine groups is 1. The van der Waals surface area contributed by atoms with Gasteiger partial charge in [0.1, 0.15) is 0 Å². The van der Waals surface area contributed by atoms with Gasteiger partial charge in [-0.2, -0.15) is 0 Å². The maximum absolute atomic E-state index is 12.4. The van der Waals surface area contributed by atoms with Gasteiger partial charge >= 0.3 is 0 Å². The van der Waals surface area contributed by atoms with E-state index in [0.29, 0.717) is 19.2 Å². The maximum atomic E-state index is 12.4. The van der Waals surface area contributed by atoms with Gasteiger partial charge < -0.3 is 15.4 Å². The Hall–Kier alpha value is -0.910. The lowest BCUT2D eigenvalue weighted by Crippen LogP contribution is -2.42. The molecule has 3 N–H and O–H groups in total. The van der Waals surface area contributed by atoms with Crippen LogP contribution in [0.5, 0.6) is 0 Å². The number of methoxy groups -OCH3 is 1. The monoisotopic (exact) mass is 554 g/mol. The number of aliphatic imine (C=N–C) groups is 1. The lowest BCUT2D eigenvalue weighted by Gasteiger charge is -2.18. The predicted molar refractivity (Wildman–Crippen MR) is 135 cm³/mol. The second-order valence-electron chi connectivity index (χ2n) is 7.60. The molecule has 1 unspecified atom stereocenters. The van der Waals surface area contributed by atoms with Gasteiger partial charge in [0.15, 0.2) is 5.96 Å². The van der Waals surface area contributed by atoms with E-state index in [1.807, 2.05) is 13.0 Å². The SMILES string of the molecule is CCNC(=NCc1cccc(S(=O)(=O)NCCOC)c1)NC(C)CCCC(C)C.I. The number of nitrogens with one attached hydrogen (secondary N) is 3. The largest absolute Gasteiger partial charge is 0.383 e. The number of benzene rings is 1. The van der Waals surface area contributed by atoms with Crippen LogP contribution in [0.25, 0.3) is 0 Å². The van der Waals surface area contributed by atoms with Gasteiger partial charge in [-0.05, 0) is 43.9 Å². The smallest absolute Gasteiger partial charge is 0.240 e. The number of hydrogen-bond acceptors (Lipinski definition) is 4. The van der Waals surface area contributed by atoms with E-state index in [-0.39, 0.29) is 35.4 Å². The molecular formula is C21H39IN4O3S. The van der Waals surface area contributed by atoms with Crippen LogP contribution in [0.3, 0.4) is 0 Å². The average Bonchev–Trinajstić information content (AvgIpc) is 2.66. The number of nitrogens with zero attached hydrogens (tertiary/aromatic N) is 1. The number of rotatable bonds is 13. The molecule has 7 nitrogen and oxygen atoms in total. The summed E-state index contributed by atoms with van der Waals surface area (Å²) < 4.78 is 32.2. The van der Waals surface area contributed by atoms with E-state index in [4.69, 9.17) is 4.74 Å². The Kier molecular flexibility index (Phi) is 15.3. The van der Waals surface area contributed by atoms with E-state index in [1.54, 1.807) is 18.2 Å². The number of hydrogen-bond donors (Lipinski definition) is 3. The molecule has 0 amide bonds. The lowest BCUT2D eigenvalue weighted by molar-refractivity contribution is 0.204. The topological polar surface area (TPSA) is 91.8 Å². The summed E-state index contributed by atoms with van der Waals surface area (Å²) in [5.74, 6) is 1.47. The van der Waals surface area contributed by atoms with Crippen LogP contribution in [0.2, 0.25) is 0 Å². The summed E-state index contributed by atoms with van der Waals surface area (Å²) in [7, 11) is -2.01. The van der Waals surface area contributed by atoms with Crippen molar-refractivity contribution in [1.29, 1.82) is 0 Å². The zero-order chi connectivity index (χ0) is 21.7. The normalized spacial score (nSPS) is 13.1. The van der Waals surface area contributed by atoms with Gasteiger partial charge in [-0.25, -0.2) is 18.1 Å². The van der Waals surface area contributed by atoms with Gasteiger partial charge in [0.2, 0.25) is 10.0 Å². The van der Waals surface area contributed by atoms with Crippen molar-refractivity contribution in [2.75, 3.05) is 26.8 Å². The van der Waals surface area contributed by atoms with Crippen LogP contribution >= 0.6 is 24.0 Å². The molecule has 0 saturated heterocycles. The summed E-state index contributed by atoms with van der Waals surface area (Å²) in [6, 6.07) is 7.19. The van der Waals surface area contributed by atoms with Crippen molar-refractivity contribution < 1.29 is 13.2 Å². The van der Waals surface area contributed by atoms with Gasteiger partial charge in [-0.1, -0.05) is 38.8 Å². The highest BCUT2D eigenvalue weighted by molar-refractivity contribution is 14.0. The molecule has 0 radical (unpaired) electrons. The van der Waals surface area contributed by atoms with Crippen LogP contribution in [0, 0.1) is 5.92 Å². The highest BCUT2D eigenvalue weighted by atomic mass is 127. The Balaban J connectivity index is 0.00000841. The molecule has 0 fully saturated rings. The molecule has 9 heteroatoms. The van der Waals surface area contributed by atoms with Gasteiger partial charge in [0.25, 0.3) is 0 Å². The van der Waals surface area contributed by atoms with Crippen molar-refractivity contribution in [3.63, 3.8) is 0 Å². The van der Waals surface area contributed by atoms with Gasteiger partial charge in [0.05, 0.1) is 18.0 Å². The molecule has 0 spiro atoms. The third kappa shape index (κ3) is 12.1. The fourth-order valence-electron chi connectivity index (χ4n) is 2.80. The minimum absolute atomic E-state index is 0. The van der Waals surface area contributed by atoms with E-state index in [2.05, 4.69) is 41.1 Å². The summed E-state index contributed by atoms with van der Waals surface area (Å²) in [6.07, 6.45) is 3.49. The maximum Gasteiger partial charge on any atom is 0.240 e. The molecule has 0 aliphatic heterocycles. The molecule has 0 saturated carbocycles. The molecule has 0 aliphatic rings. The molecule has 30 heavy (non-hydrogen) atoms. The van der Waals surface area contributed by atoms with Crippen LogP contribution in [0.4, 0.5) is 0 Å². The third-order valence-corrected chi connectivity index (χ3v) is 5.83. The second-order valence-corrected chi connectivity index (χ2v) is 9.37. The summed E-state index contributed by atoms with van der Waals surface area (Å²) in [5.41, 5.74) is 0.837. The Morgan fingerprint density at radius 3 is 2.57 bits per heavy atom. The quantitative estimate of drug-likeness (QED) is 0.150. The van der Waals surface area contributed by atoms with Crippen LogP contribution < -0.4 is 15.4 Å². The van der Waals surface area contributed by atoms with E-state index in [9.17, 15) is 8.42 Å². The first kappa shape index (κ1) is 29.1. The van der Waals surface area contributed by atoms with Crippen LogP contribution in [-0.2, 0) is 21.3 Å². The highest BCUT2D eigenvalue weighted by Crippen LogP contribution is 2.12. The average molecular weight is 555 g/mol. The Morgan fingerprint density at radius 2 is 1.93 bits per heavy atom. The first-order valence-corrected chi connectivity index (χ1v) is 11.9. The van der Waals surface area contributed by atoms with Crippen molar-refractivity contribution >= 4 is 40.0 Å². The van der Waals surface area contributed by atoms with Crippen LogP contribution in [-0.4, -0.2) is 47.2 Å². The molecule has 0 bridgehead atoms. The zero-order valence-corrected chi connectivity index (χ0v) is 22.0. The Bertz CT molecular complexity index is 727. The predicted octanol–water partition coefficient (Wildman–Crippen LogP) is 3.50. The third-order valence-electron chi connectivity index (χ3n) is 4.37. The van der Waals surface area contributed by atoms with Crippen LogP contribution in [0.1, 0.15) is 52.5 Å². The standard InChI is InChI=1S/C21H38N4O3S.HI/c1-6-22-21(25-18(4)10-7-9-17(2)3)23-16-19-11-8-12-20(15-19)29(26,27)24-13-14-28-5;/h8,11-12,15,17-18,24H,6-7,9-10,13-14,16H2,1-5H3,(H2,22,23,25);1H. The molecule has 174 valence electrons. The van der Waals surface area contributed by atoms with Crippen molar-refractivity contribution in [3.8, 4) is 0 Å². The number of halogens is 1. The molecule has 1 atom stereocenters. The van der Waals surface area contributed by atoms with E-state index in [1.165, 1.54) is 20.0 Å². The van der Waals surface area contributed by atoms with Gasteiger partial charge in [-0.3, -0.25) is 0 Å². The zero-order valence-electron chi connectivity index (χ0n) is 18.9. The molecule has 1 aromatic rings. The summed E-state index contributed by atoms with van der Waals surface area (Å²) in [5, 5.41) is 6.69. The van der Waals surface area contributed by atoms with Crippen molar-refractivity contribution in [2.24, 2.45) is 10.9 Å². The first-order chi connectivity index (χ1) is 13.8. The number of ether oxygens (including phenoxy) is 1. The highest BCUT2D eigenvalue weighted by Gasteiger charge is 2.13. The van der Waals surface area contributed by atoms with Crippen molar-refractivity contribution in [1.82, 2.24) is 15.4 Å². The van der Waals surface area contributed by atoms with E-state index >= 15 is 0 Å². The Labute approximate surface area is 199 Å². The summed E-state index contributed by atoms with van der Waals surface area (Å²) in [4.78, 5) is 4.86. The molecular weight excluding hydrogens is 515 g/mol. The van der Waals surface area contributed by atoms with Gasteiger partial charge in [0, 0.05) is 26.2 Å². The molecule has 0 aromatic heterocycles. The summed E-state index contributed by atoms with van der Waals surface area (Å²) >= 11 is 0. The molecule has 0 heterocycles. The number of sulfonamides is 1. The fourth-order valence-corrected chi connectivity index (χ4v) is 3.88. The fraction of sp³-hybridized carbons (Fsp3) is 0.667. The molecule has 0 aliphatic carbocycles. The van der Waals surface area contributed by atoms with Crippen molar-refractivity contribution in [3.05, 3.63) is 29.8 Å². The van der Waals surface area contributed by atoms with Crippen LogP contribution in [0.15, 0.2) is 34.2 Å².